The van der Waals surface area contributed by atoms with Crippen LogP contribution >= 0.6 is 0 Å². The Balaban J connectivity index is 1.62. The fourth-order valence-corrected chi connectivity index (χ4v) is 4.37. The number of guanidine groups is 1. The maximum Gasteiger partial charge on any atom is 0.191 e. The second-order valence-electron chi connectivity index (χ2n) is 6.25. The first-order chi connectivity index (χ1) is 12.1. The lowest BCUT2D eigenvalue weighted by molar-refractivity contribution is 0.117. The van der Waals surface area contributed by atoms with Crippen molar-refractivity contribution in [2.45, 2.75) is 38.8 Å². The van der Waals surface area contributed by atoms with Crippen molar-refractivity contribution < 1.29 is 13.2 Å². The lowest BCUT2D eigenvalue weighted by atomic mass is 10.2. The molecule has 0 bridgehead atoms. The highest BCUT2D eigenvalue weighted by Crippen LogP contribution is 2.11. The van der Waals surface area contributed by atoms with E-state index in [0.717, 1.165) is 26.0 Å². The fraction of sp³-hybridized carbons (Fsp3) is 0.611. The molecule has 1 aliphatic rings. The molecule has 1 aromatic rings. The predicted octanol–water partition coefficient (Wildman–Crippen LogP) is 1.73. The lowest BCUT2D eigenvalue weighted by Crippen LogP contribution is -2.44. The molecule has 2 N–H and O–H groups in total. The van der Waals surface area contributed by atoms with E-state index >= 15 is 0 Å². The Morgan fingerprint density at radius 3 is 2.76 bits per heavy atom. The minimum Gasteiger partial charge on any atom is -0.377 e. The molecule has 7 heteroatoms. The molecule has 0 spiro atoms. The van der Waals surface area contributed by atoms with E-state index in [2.05, 4.69) is 27.8 Å². The van der Waals surface area contributed by atoms with Crippen LogP contribution in [0, 0.1) is 0 Å². The highest BCUT2D eigenvalue weighted by atomic mass is 32.2. The van der Waals surface area contributed by atoms with E-state index in [-0.39, 0.29) is 17.5 Å². The van der Waals surface area contributed by atoms with Crippen molar-refractivity contribution in [3.8, 4) is 0 Å². The van der Waals surface area contributed by atoms with Crippen LogP contribution in [-0.4, -0.2) is 51.6 Å². The van der Waals surface area contributed by atoms with Crippen LogP contribution in [-0.2, 0) is 21.2 Å². The number of nitrogens with zero attached hydrogens (tertiary/aromatic N) is 1. The number of hydrogen-bond donors (Lipinski definition) is 2. The summed E-state index contributed by atoms with van der Waals surface area (Å²) in [7, 11) is -2.88. The minimum atomic E-state index is -2.88. The molecule has 1 atom stereocenters. The normalized spacial score (nSPS) is 19.7. The third kappa shape index (κ3) is 7.88. The predicted molar refractivity (Wildman–Crippen MR) is 102 cm³/mol. The van der Waals surface area contributed by atoms with Crippen LogP contribution in [0.2, 0.25) is 0 Å². The summed E-state index contributed by atoms with van der Waals surface area (Å²) < 4.78 is 28.7. The van der Waals surface area contributed by atoms with E-state index in [1.807, 2.05) is 25.1 Å². The van der Waals surface area contributed by atoms with E-state index in [9.17, 15) is 8.42 Å². The Bertz CT molecular complexity index is 632. The Kier molecular flexibility index (Phi) is 8.21. The van der Waals surface area contributed by atoms with Gasteiger partial charge < -0.3 is 15.4 Å². The first kappa shape index (κ1) is 19.7. The zero-order valence-electron chi connectivity index (χ0n) is 14.9. The van der Waals surface area contributed by atoms with Gasteiger partial charge in [-0.25, -0.2) is 8.42 Å². The number of benzene rings is 1. The number of rotatable bonds is 9. The number of aliphatic imine (C=N–C) groups is 1. The molecule has 1 heterocycles. The smallest absolute Gasteiger partial charge is 0.191 e. The largest absolute Gasteiger partial charge is 0.377 e. The summed E-state index contributed by atoms with van der Waals surface area (Å²) in [5.74, 6) is 1.17. The summed E-state index contributed by atoms with van der Waals surface area (Å²) in [5.41, 5.74) is 1.19. The Morgan fingerprint density at radius 2 is 2.08 bits per heavy atom. The van der Waals surface area contributed by atoms with Gasteiger partial charge in [-0.1, -0.05) is 30.3 Å². The SMILES string of the molecule is CCNC(=NCCCCOCc1ccccc1)NC1CCS(=O)(=O)C1. The van der Waals surface area contributed by atoms with Gasteiger partial charge in [-0.15, -0.1) is 0 Å². The standard InChI is InChI=1S/C18H29N3O3S/c1-2-19-18(21-17-10-13-25(22,23)15-17)20-11-6-7-12-24-14-16-8-4-3-5-9-16/h3-5,8-9,17H,2,6-7,10-15H2,1H3,(H2,19,20,21). The average molecular weight is 368 g/mol. The van der Waals surface area contributed by atoms with Crippen molar-refractivity contribution in [1.29, 1.82) is 0 Å². The molecule has 0 aliphatic carbocycles. The van der Waals surface area contributed by atoms with Crippen LogP contribution in [0.15, 0.2) is 35.3 Å². The summed E-state index contributed by atoms with van der Waals surface area (Å²) in [6, 6.07) is 10.1. The second-order valence-corrected chi connectivity index (χ2v) is 8.48. The highest BCUT2D eigenvalue weighted by molar-refractivity contribution is 7.91. The van der Waals surface area contributed by atoms with Gasteiger partial charge in [0.1, 0.15) is 0 Å². The van der Waals surface area contributed by atoms with Gasteiger partial charge in [0.05, 0.1) is 18.1 Å². The molecule has 2 rings (SSSR count). The summed E-state index contributed by atoms with van der Waals surface area (Å²) >= 11 is 0. The molecule has 6 nitrogen and oxygen atoms in total. The molecule has 1 fully saturated rings. The monoisotopic (exact) mass is 367 g/mol. The molecule has 0 amide bonds. The van der Waals surface area contributed by atoms with Gasteiger partial charge in [0.15, 0.2) is 15.8 Å². The Morgan fingerprint density at radius 1 is 1.28 bits per heavy atom. The number of unbranched alkanes of at least 4 members (excludes halogenated alkanes) is 1. The molecule has 1 unspecified atom stereocenters. The van der Waals surface area contributed by atoms with E-state index in [1.54, 1.807) is 0 Å². The van der Waals surface area contributed by atoms with E-state index < -0.39 is 9.84 Å². The van der Waals surface area contributed by atoms with Crippen molar-refractivity contribution in [3.63, 3.8) is 0 Å². The summed E-state index contributed by atoms with van der Waals surface area (Å²) in [6.07, 6.45) is 2.54. The van der Waals surface area contributed by atoms with E-state index in [4.69, 9.17) is 4.74 Å². The van der Waals surface area contributed by atoms with Crippen LogP contribution < -0.4 is 10.6 Å². The zero-order valence-corrected chi connectivity index (χ0v) is 15.7. The molecule has 25 heavy (non-hydrogen) atoms. The van der Waals surface area contributed by atoms with Crippen LogP contribution in [0.5, 0.6) is 0 Å². The number of ether oxygens (including phenoxy) is 1. The molecule has 1 aromatic carbocycles. The van der Waals surface area contributed by atoms with Crippen molar-refractivity contribution in [2.75, 3.05) is 31.2 Å². The molecular weight excluding hydrogens is 338 g/mol. The second kappa shape index (κ2) is 10.4. The topological polar surface area (TPSA) is 79.8 Å². The first-order valence-electron chi connectivity index (χ1n) is 8.96. The molecule has 0 radical (unpaired) electrons. The van der Waals surface area contributed by atoms with E-state index in [0.29, 0.717) is 25.5 Å². The van der Waals surface area contributed by atoms with Crippen LogP contribution in [0.1, 0.15) is 31.7 Å². The van der Waals surface area contributed by atoms with Crippen LogP contribution in [0.25, 0.3) is 0 Å². The van der Waals surface area contributed by atoms with Gasteiger partial charge in [-0.3, -0.25) is 4.99 Å². The van der Waals surface area contributed by atoms with Gasteiger partial charge in [-0.2, -0.15) is 0 Å². The fourth-order valence-electron chi connectivity index (χ4n) is 2.69. The van der Waals surface area contributed by atoms with Gasteiger partial charge in [0.2, 0.25) is 0 Å². The zero-order chi connectivity index (χ0) is 18.0. The quantitative estimate of drug-likeness (QED) is 0.395. The van der Waals surface area contributed by atoms with Gasteiger partial charge >= 0.3 is 0 Å². The Hall–Kier alpha value is -1.60. The average Bonchev–Trinajstić information content (AvgIpc) is 2.93. The molecular formula is C18H29N3O3S. The van der Waals surface area contributed by atoms with Crippen molar-refractivity contribution >= 4 is 15.8 Å². The van der Waals surface area contributed by atoms with Crippen LogP contribution in [0.3, 0.4) is 0 Å². The summed E-state index contributed by atoms with van der Waals surface area (Å²) in [5, 5.41) is 6.40. The van der Waals surface area contributed by atoms with Crippen molar-refractivity contribution in [3.05, 3.63) is 35.9 Å². The third-order valence-electron chi connectivity index (χ3n) is 4.00. The lowest BCUT2D eigenvalue weighted by Gasteiger charge is -2.15. The number of hydrogen-bond acceptors (Lipinski definition) is 4. The van der Waals surface area contributed by atoms with E-state index in [1.165, 1.54) is 5.56 Å². The van der Waals surface area contributed by atoms with Crippen molar-refractivity contribution in [2.24, 2.45) is 4.99 Å². The van der Waals surface area contributed by atoms with Gasteiger partial charge in [0, 0.05) is 25.7 Å². The third-order valence-corrected chi connectivity index (χ3v) is 5.76. The maximum atomic E-state index is 11.5. The van der Waals surface area contributed by atoms with Gasteiger partial charge in [-0.05, 0) is 31.7 Å². The Labute approximate surface area is 151 Å². The molecule has 0 aromatic heterocycles. The first-order valence-corrected chi connectivity index (χ1v) is 10.8. The van der Waals surface area contributed by atoms with Crippen LogP contribution in [0.4, 0.5) is 0 Å². The van der Waals surface area contributed by atoms with Gasteiger partial charge in [0.25, 0.3) is 0 Å². The van der Waals surface area contributed by atoms with Crippen molar-refractivity contribution in [1.82, 2.24) is 10.6 Å². The number of nitrogens with one attached hydrogen (secondary N) is 2. The number of sulfone groups is 1. The molecule has 1 aliphatic heterocycles. The maximum absolute atomic E-state index is 11.5. The minimum absolute atomic E-state index is 0.0306. The molecule has 0 saturated carbocycles. The molecule has 1 saturated heterocycles. The summed E-state index contributed by atoms with van der Waals surface area (Å²) in [6.45, 7) is 4.81. The summed E-state index contributed by atoms with van der Waals surface area (Å²) in [4.78, 5) is 4.52. The highest BCUT2D eigenvalue weighted by Gasteiger charge is 2.28. The molecule has 140 valence electrons.